The van der Waals surface area contributed by atoms with E-state index in [4.69, 9.17) is 0 Å². The van der Waals surface area contributed by atoms with Crippen LogP contribution in [-0.2, 0) is 0 Å². The minimum atomic E-state index is -0.919. The van der Waals surface area contributed by atoms with Gasteiger partial charge in [0, 0.05) is 30.8 Å². The molecule has 1 fully saturated rings. The molecule has 3 heterocycles. The van der Waals surface area contributed by atoms with Crippen molar-refractivity contribution in [2.45, 2.75) is 38.5 Å². The molecule has 0 radical (unpaired) electrons. The zero-order valence-electron chi connectivity index (χ0n) is 13.7. The predicted molar refractivity (Wildman–Crippen MR) is 84.7 cm³/mol. The monoisotopic (exact) mass is 334 g/mol. The SMILES string of the molecule is CC(C)c1cc(C2CCN(C(=O)c3ncc(F)cc3F)CC2)[nH]n1. The first kappa shape index (κ1) is 16.5. The predicted octanol–water partition coefficient (Wildman–Crippen LogP) is 3.23. The van der Waals surface area contributed by atoms with E-state index in [-0.39, 0.29) is 5.69 Å². The van der Waals surface area contributed by atoms with Gasteiger partial charge in [-0.1, -0.05) is 13.8 Å². The maximum atomic E-state index is 13.7. The van der Waals surface area contributed by atoms with Crippen molar-refractivity contribution in [1.29, 1.82) is 0 Å². The topological polar surface area (TPSA) is 61.9 Å². The standard InChI is InChI=1S/C17H20F2N4O/c1-10(2)14-8-15(22-21-14)11-3-5-23(6-4-11)17(24)16-13(19)7-12(18)9-20-16/h7-11H,3-6H2,1-2H3,(H,21,22). The molecule has 1 amide bonds. The lowest BCUT2D eigenvalue weighted by atomic mass is 9.92. The number of amides is 1. The van der Waals surface area contributed by atoms with Crippen LogP contribution in [0.2, 0.25) is 0 Å². The van der Waals surface area contributed by atoms with Crippen molar-refractivity contribution in [1.82, 2.24) is 20.1 Å². The number of rotatable bonds is 3. The highest BCUT2D eigenvalue weighted by Gasteiger charge is 2.28. The third kappa shape index (κ3) is 3.29. The molecule has 2 aromatic heterocycles. The van der Waals surface area contributed by atoms with E-state index in [0.717, 1.165) is 30.4 Å². The number of likely N-dealkylation sites (tertiary alicyclic amines) is 1. The van der Waals surface area contributed by atoms with Gasteiger partial charge in [-0.15, -0.1) is 0 Å². The maximum Gasteiger partial charge on any atom is 0.275 e. The zero-order chi connectivity index (χ0) is 17.3. The Bertz CT molecular complexity index is 736. The Morgan fingerprint density at radius 2 is 2.00 bits per heavy atom. The lowest BCUT2D eigenvalue weighted by Crippen LogP contribution is -2.38. The van der Waals surface area contributed by atoms with Crippen LogP contribution < -0.4 is 0 Å². The molecule has 3 rings (SSSR count). The molecule has 24 heavy (non-hydrogen) atoms. The number of hydrogen-bond donors (Lipinski definition) is 1. The first-order valence-electron chi connectivity index (χ1n) is 8.11. The van der Waals surface area contributed by atoms with Gasteiger partial charge in [0.2, 0.25) is 0 Å². The number of nitrogens with one attached hydrogen (secondary N) is 1. The quantitative estimate of drug-likeness (QED) is 0.937. The van der Waals surface area contributed by atoms with Gasteiger partial charge in [0.25, 0.3) is 5.91 Å². The van der Waals surface area contributed by atoms with Crippen LogP contribution in [0.1, 0.15) is 60.4 Å². The van der Waals surface area contributed by atoms with Crippen LogP contribution in [0.4, 0.5) is 8.78 Å². The van der Waals surface area contributed by atoms with Gasteiger partial charge in [0.15, 0.2) is 11.5 Å². The summed E-state index contributed by atoms with van der Waals surface area (Å²) in [6.07, 6.45) is 2.41. The Labute approximate surface area is 139 Å². The summed E-state index contributed by atoms with van der Waals surface area (Å²) in [6.45, 7) is 5.20. The van der Waals surface area contributed by atoms with Gasteiger partial charge < -0.3 is 4.90 Å². The summed E-state index contributed by atoms with van der Waals surface area (Å²) < 4.78 is 26.6. The fraction of sp³-hybridized carbons (Fsp3) is 0.471. The highest BCUT2D eigenvalue weighted by atomic mass is 19.1. The molecular weight excluding hydrogens is 314 g/mol. The number of carbonyl (C=O) groups is 1. The second-order valence-electron chi connectivity index (χ2n) is 6.45. The number of carbonyl (C=O) groups excluding carboxylic acids is 1. The minimum Gasteiger partial charge on any atom is -0.337 e. The Hall–Kier alpha value is -2.31. The lowest BCUT2D eigenvalue weighted by molar-refractivity contribution is 0.0700. The molecular formula is C17H20F2N4O. The fourth-order valence-electron chi connectivity index (χ4n) is 2.97. The van der Waals surface area contributed by atoms with E-state index >= 15 is 0 Å². The van der Waals surface area contributed by atoms with Crippen molar-refractivity contribution in [3.05, 3.63) is 47.0 Å². The number of nitrogens with zero attached hydrogens (tertiary/aromatic N) is 3. The Balaban J connectivity index is 1.64. The van der Waals surface area contributed by atoms with Gasteiger partial charge in [0.1, 0.15) is 5.82 Å². The Morgan fingerprint density at radius 1 is 1.29 bits per heavy atom. The summed E-state index contributed by atoms with van der Waals surface area (Å²) >= 11 is 0. The number of pyridine rings is 1. The van der Waals surface area contributed by atoms with E-state index in [9.17, 15) is 13.6 Å². The summed E-state index contributed by atoms with van der Waals surface area (Å²) in [4.78, 5) is 17.5. The van der Waals surface area contributed by atoms with Gasteiger partial charge >= 0.3 is 0 Å². The van der Waals surface area contributed by atoms with Crippen LogP contribution in [0.25, 0.3) is 0 Å². The first-order chi connectivity index (χ1) is 11.5. The van der Waals surface area contributed by atoms with Gasteiger partial charge in [0.05, 0.1) is 11.9 Å². The van der Waals surface area contributed by atoms with Crippen molar-refractivity contribution >= 4 is 5.91 Å². The average molecular weight is 334 g/mol. The normalized spacial score (nSPS) is 16.0. The molecule has 1 N–H and O–H groups in total. The van der Waals surface area contributed by atoms with Crippen molar-refractivity contribution < 1.29 is 13.6 Å². The van der Waals surface area contributed by atoms with Crippen LogP contribution in [0.5, 0.6) is 0 Å². The molecule has 0 spiro atoms. The molecule has 2 aromatic rings. The van der Waals surface area contributed by atoms with Crippen LogP contribution in [-0.4, -0.2) is 39.1 Å². The molecule has 5 nitrogen and oxygen atoms in total. The molecule has 0 aromatic carbocycles. The van der Waals surface area contributed by atoms with Crippen molar-refractivity contribution in [3.8, 4) is 0 Å². The average Bonchev–Trinajstić information content (AvgIpc) is 3.05. The highest BCUT2D eigenvalue weighted by Crippen LogP contribution is 2.29. The summed E-state index contributed by atoms with van der Waals surface area (Å²) in [5.74, 6) is -1.53. The molecule has 7 heteroatoms. The third-order valence-corrected chi connectivity index (χ3v) is 4.44. The summed E-state index contributed by atoms with van der Waals surface area (Å²) in [7, 11) is 0. The van der Waals surface area contributed by atoms with Crippen molar-refractivity contribution in [2.24, 2.45) is 0 Å². The number of aromatic amines is 1. The molecule has 128 valence electrons. The largest absolute Gasteiger partial charge is 0.337 e. The number of hydrogen-bond acceptors (Lipinski definition) is 3. The van der Waals surface area contributed by atoms with Crippen molar-refractivity contribution in [2.75, 3.05) is 13.1 Å². The van der Waals surface area contributed by atoms with Crippen LogP contribution in [0.3, 0.4) is 0 Å². The van der Waals surface area contributed by atoms with E-state index in [0.29, 0.717) is 31.0 Å². The maximum absolute atomic E-state index is 13.7. The van der Waals surface area contributed by atoms with Crippen LogP contribution in [0.15, 0.2) is 18.3 Å². The van der Waals surface area contributed by atoms with E-state index in [1.165, 1.54) is 0 Å². The summed E-state index contributed by atoms with van der Waals surface area (Å²) in [5, 5.41) is 7.39. The van der Waals surface area contributed by atoms with Crippen LogP contribution in [0, 0.1) is 11.6 Å². The minimum absolute atomic E-state index is 0.306. The van der Waals surface area contributed by atoms with E-state index in [1.807, 2.05) is 0 Å². The van der Waals surface area contributed by atoms with E-state index in [1.54, 1.807) is 4.90 Å². The zero-order valence-corrected chi connectivity index (χ0v) is 13.7. The molecule has 1 aliphatic rings. The summed E-state index contributed by atoms with van der Waals surface area (Å²) in [5.41, 5.74) is 1.79. The molecule has 0 unspecified atom stereocenters. The van der Waals surface area contributed by atoms with Crippen molar-refractivity contribution in [3.63, 3.8) is 0 Å². The second-order valence-corrected chi connectivity index (χ2v) is 6.45. The van der Waals surface area contributed by atoms with Gasteiger partial charge in [-0.25, -0.2) is 13.8 Å². The molecule has 0 aliphatic carbocycles. The van der Waals surface area contributed by atoms with Gasteiger partial charge in [-0.3, -0.25) is 9.89 Å². The second kappa shape index (κ2) is 6.67. The molecule has 1 aliphatic heterocycles. The van der Waals surface area contributed by atoms with Crippen LogP contribution >= 0.6 is 0 Å². The number of H-pyrrole nitrogens is 1. The molecule has 1 saturated heterocycles. The Kier molecular flexibility index (Phi) is 4.59. The van der Waals surface area contributed by atoms with Gasteiger partial charge in [-0.2, -0.15) is 5.10 Å². The lowest BCUT2D eigenvalue weighted by Gasteiger charge is -2.31. The molecule has 0 atom stereocenters. The summed E-state index contributed by atoms with van der Waals surface area (Å²) in [6, 6.07) is 2.76. The van der Waals surface area contributed by atoms with E-state index in [2.05, 4.69) is 35.1 Å². The third-order valence-electron chi connectivity index (χ3n) is 4.44. The molecule has 0 bridgehead atoms. The molecule has 0 saturated carbocycles. The van der Waals surface area contributed by atoms with E-state index < -0.39 is 17.5 Å². The number of aromatic nitrogens is 3. The van der Waals surface area contributed by atoms with Gasteiger partial charge in [-0.05, 0) is 24.8 Å². The fourth-order valence-corrected chi connectivity index (χ4v) is 2.97. The number of halogens is 2. The first-order valence-corrected chi connectivity index (χ1v) is 8.11. The Morgan fingerprint density at radius 3 is 2.58 bits per heavy atom. The smallest absolute Gasteiger partial charge is 0.275 e. The highest BCUT2D eigenvalue weighted by molar-refractivity contribution is 5.92. The number of piperidine rings is 1.